The molecule has 160 valence electrons. The van der Waals surface area contributed by atoms with Crippen LogP contribution in [0.4, 0.5) is 5.69 Å². The number of benzene rings is 3. The first-order valence-corrected chi connectivity index (χ1v) is 10.7. The van der Waals surface area contributed by atoms with Gasteiger partial charge in [0.05, 0.1) is 12.2 Å². The van der Waals surface area contributed by atoms with E-state index in [-0.39, 0.29) is 11.0 Å². The fraction of sp³-hybridized carbons (Fsp3) is 0.200. The van der Waals surface area contributed by atoms with E-state index in [1.54, 1.807) is 18.2 Å². The molecule has 0 heterocycles. The number of carbonyl (C=O) groups is 1. The van der Waals surface area contributed by atoms with Crippen LogP contribution in [0.3, 0.4) is 0 Å². The minimum atomic E-state index is -0.312. The summed E-state index contributed by atoms with van der Waals surface area (Å²) in [6.07, 6.45) is 3.17. The lowest BCUT2D eigenvalue weighted by Gasteiger charge is -2.13. The largest absolute Gasteiger partial charge is 0.493 e. The van der Waals surface area contributed by atoms with Crippen molar-refractivity contribution < 1.29 is 14.3 Å². The second-order valence-corrected chi connectivity index (χ2v) is 7.31. The van der Waals surface area contributed by atoms with Crippen LogP contribution in [0.15, 0.2) is 78.9 Å². The normalized spacial score (nSPS) is 10.2. The van der Waals surface area contributed by atoms with Crippen LogP contribution in [0.25, 0.3) is 0 Å². The molecule has 0 atom stereocenters. The van der Waals surface area contributed by atoms with Crippen molar-refractivity contribution in [1.82, 2.24) is 5.32 Å². The average Bonchev–Trinajstić information content (AvgIpc) is 2.79. The second-order valence-electron chi connectivity index (χ2n) is 6.90. The molecule has 31 heavy (non-hydrogen) atoms. The summed E-state index contributed by atoms with van der Waals surface area (Å²) >= 11 is 5.30. The minimum absolute atomic E-state index is 0.211. The van der Waals surface area contributed by atoms with Crippen molar-refractivity contribution >= 4 is 28.9 Å². The third-order valence-corrected chi connectivity index (χ3v) is 4.66. The number of unbranched alkanes of at least 4 members (excludes halogenated alkanes) is 2. The van der Waals surface area contributed by atoms with Gasteiger partial charge in [-0.1, -0.05) is 50.1 Å². The number of thiocarbonyl (C=S) groups is 1. The highest BCUT2D eigenvalue weighted by Gasteiger charge is 2.13. The maximum Gasteiger partial charge on any atom is 0.261 e. The zero-order valence-corrected chi connectivity index (χ0v) is 18.3. The highest BCUT2D eigenvalue weighted by Crippen LogP contribution is 2.23. The molecule has 3 rings (SSSR count). The molecule has 0 aromatic heterocycles. The molecule has 6 heteroatoms. The Kier molecular flexibility index (Phi) is 8.43. The molecule has 0 aliphatic carbocycles. The third kappa shape index (κ3) is 7.12. The number of nitrogens with one attached hydrogen (secondary N) is 2. The van der Waals surface area contributed by atoms with Gasteiger partial charge in [0.1, 0.15) is 17.2 Å². The van der Waals surface area contributed by atoms with Crippen LogP contribution >= 0.6 is 12.2 Å². The fourth-order valence-electron chi connectivity index (χ4n) is 2.88. The van der Waals surface area contributed by atoms with Gasteiger partial charge in [-0.3, -0.25) is 10.1 Å². The van der Waals surface area contributed by atoms with Gasteiger partial charge in [-0.05, 0) is 67.2 Å². The molecule has 0 unspecified atom stereocenters. The zero-order valence-electron chi connectivity index (χ0n) is 17.5. The van der Waals surface area contributed by atoms with E-state index < -0.39 is 0 Å². The number of anilines is 1. The van der Waals surface area contributed by atoms with Gasteiger partial charge in [0.2, 0.25) is 0 Å². The molecular formula is C25H26N2O3S. The first kappa shape index (κ1) is 22.3. The van der Waals surface area contributed by atoms with Crippen LogP contribution < -0.4 is 20.1 Å². The van der Waals surface area contributed by atoms with Gasteiger partial charge in [0.25, 0.3) is 5.91 Å². The summed E-state index contributed by atoms with van der Waals surface area (Å²) in [5, 5.41) is 5.94. The van der Waals surface area contributed by atoms with E-state index in [1.807, 2.05) is 60.7 Å². The number of carbonyl (C=O) groups excluding carboxylic acids is 1. The van der Waals surface area contributed by atoms with Crippen molar-refractivity contribution in [3.8, 4) is 17.2 Å². The molecule has 0 aliphatic heterocycles. The van der Waals surface area contributed by atoms with Crippen LogP contribution in [-0.4, -0.2) is 17.6 Å². The van der Waals surface area contributed by atoms with E-state index in [4.69, 9.17) is 21.7 Å². The van der Waals surface area contributed by atoms with Crippen LogP contribution in [0.2, 0.25) is 0 Å². The average molecular weight is 435 g/mol. The fourth-order valence-corrected chi connectivity index (χ4v) is 3.09. The van der Waals surface area contributed by atoms with Gasteiger partial charge in [0.15, 0.2) is 5.11 Å². The standard InChI is InChI=1S/C25H26N2O3S/c1-2-3-9-18-29-23-13-8-7-12-22(23)24(28)27-25(31)26-19-14-16-21(17-15-19)30-20-10-5-4-6-11-20/h4-8,10-17H,2-3,9,18H2,1H3,(H2,26,27,28,31). The van der Waals surface area contributed by atoms with Crippen molar-refractivity contribution in [3.63, 3.8) is 0 Å². The van der Waals surface area contributed by atoms with Crippen molar-refractivity contribution in [2.75, 3.05) is 11.9 Å². The van der Waals surface area contributed by atoms with Crippen molar-refractivity contribution in [1.29, 1.82) is 0 Å². The maximum atomic E-state index is 12.7. The number of para-hydroxylation sites is 2. The Morgan fingerprint density at radius 3 is 2.29 bits per heavy atom. The molecule has 0 bridgehead atoms. The first-order valence-electron chi connectivity index (χ1n) is 10.3. The Labute approximate surface area is 188 Å². The van der Waals surface area contributed by atoms with Crippen molar-refractivity contribution in [2.45, 2.75) is 26.2 Å². The van der Waals surface area contributed by atoms with E-state index >= 15 is 0 Å². The second kappa shape index (κ2) is 11.7. The zero-order chi connectivity index (χ0) is 21.9. The van der Waals surface area contributed by atoms with Crippen molar-refractivity contribution in [2.24, 2.45) is 0 Å². The van der Waals surface area contributed by atoms with E-state index in [0.29, 0.717) is 23.7 Å². The molecule has 1 amide bonds. The summed E-state index contributed by atoms with van der Waals surface area (Å²) in [7, 11) is 0. The van der Waals surface area contributed by atoms with E-state index in [9.17, 15) is 4.79 Å². The van der Waals surface area contributed by atoms with Gasteiger partial charge in [-0.25, -0.2) is 0 Å². The number of hydrogen-bond donors (Lipinski definition) is 2. The quantitative estimate of drug-likeness (QED) is 0.311. The number of ether oxygens (including phenoxy) is 2. The molecule has 2 N–H and O–H groups in total. The molecule has 0 radical (unpaired) electrons. The summed E-state index contributed by atoms with van der Waals surface area (Å²) in [5.74, 6) is 1.72. The highest BCUT2D eigenvalue weighted by atomic mass is 32.1. The Balaban J connectivity index is 1.54. The minimum Gasteiger partial charge on any atom is -0.493 e. The Morgan fingerprint density at radius 1 is 0.871 bits per heavy atom. The molecule has 0 saturated carbocycles. The van der Waals surface area contributed by atoms with Crippen LogP contribution in [0.1, 0.15) is 36.5 Å². The molecular weight excluding hydrogens is 408 g/mol. The number of rotatable bonds is 9. The smallest absolute Gasteiger partial charge is 0.261 e. The summed E-state index contributed by atoms with van der Waals surface area (Å²) in [4.78, 5) is 12.7. The lowest BCUT2D eigenvalue weighted by molar-refractivity contribution is 0.0973. The van der Waals surface area contributed by atoms with Gasteiger partial charge >= 0.3 is 0 Å². The van der Waals surface area contributed by atoms with Crippen molar-refractivity contribution in [3.05, 3.63) is 84.4 Å². The van der Waals surface area contributed by atoms with Gasteiger partial charge in [0, 0.05) is 5.69 Å². The monoisotopic (exact) mass is 434 g/mol. The molecule has 3 aromatic rings. The van der Waals surface area contributed by atoms with Gasteiger partial charge in [-0.2, -0.15) is 0 Å². The molecule has 5 nitrogen and oxygen atoms in total. The number of amides is 1. The van der Waals surface area contributed by atoms with Crippen LogP contribution in [0, 0.1) is 0 Å². The summed E-state index contributed by atoms with van der Waals surface area (Å²) in [5.41, 5.74) is 1.20. The highest BCUT2D eigenvalue weighted by molar-refractivity contribution is 7.80. The lowest BCUT2D eigenvalue weighted by atomic mass is 10.2. The lowest BCUT2D eigenvalue weighted by Crippen LogP contribution is -2.34. The third-order valence-electron chi connectivity index (χ3n) is 4.46. The molecule has 0 saturated heterocycles. The summed E-state index contributed by atoms with van der Waals surface area (Å²) in [6, 6.07) is 24.1. The Hall–Kier alpha value is -3.38. The Bertz CT molecular complexity index is 991. The molecule has 0 aliphatic rings. The summed E-state index contributed by atoms with van der Waals surface area (Å²) in [6.45, 7) is 2.72. The van der Waals surface area contributed by atoms with Crippen LogP contribution in [-0.2, 0) is 0 Å². The molecule has 0 spiro atoms. The Morgan fingerprint density at radius 2 is 1.55 bits per heavy atom. The topological polar surface area (TPSA) is 59.6 Å². The predicted molar refractivity (Wildman–Crippen MR) is 128 cm³/mol. The molecule has 0 fully saturated rings. The predicted octanol–water partition coefficient (Wildman–Crippen LogP) is 6.17. The number of hydrogen-bond acceptors (Lipinski definition) is 4. The van der Waals surface area contributed by atoms with E-state index in [1.165, 1.54) is 0 Å². The first-order chi connectivity index (χ1) is 15.2. The van der Waals surface area contributed by atoms with E-state index in [2.05, 4.69) is 17.6 Å². The maximum absolute atomic E-state index is 12.7. The van der Waals surface area contributed by atoms with E-state index in [0.717, 1.165) is 30.7 Å². The summed E-state index contributed by atoms with van der Waals surface area (Å²) < 4.78 is 11.6. The van der Waals surface area contributed by atoms with Gasteiger partial charge in [-0.15, -0.1) is 0 Å². The van der Waals surface area contributed by atoms with Crippen LogP contribution in [0.5, 0.6) is 17.2 Å². The van der Waals surface area contributed by atoms with Gasteiger partial charge < -0.3 is 14.8 Å². The molecule has 3 aromatic carbocycles. The SMILES string of the molecule is CCCCCOc1ccccc1C(=O)NC(=S)Nc1ccc(Oc2ccccc2)cc1.